The summed E-state index contributed by atoms with van der Waals surface area (Å²) in [5.74, 6) is -1.21. The highest BCUT2D eigenvalue weighted by Gasteiger charge is 2.24. The van der Waals surface area contributed by atoms with E-state index in [0.29, 0.717) is 11.3 Å². The van der Waals surface area contributed by atoms with Crippen molar-refractivity contribution in [2.45, 2.75) is 18.9 Å². The first-order chi connectivity index (χ1) is 10.1. The first kappa shape index (κ1) is 14.6. The Hall–Kier alpha value is -2.81. The number of amides is 1. The van der Waals surface area contributed by atoms with Crippen LogP contribution in [0.3, 0.4) is 0 Å². The number of nitrogens with zero attached hydrogens (tertiary/aromatic N) is 1. The molecule has 1 amide bonds. The molecule has 2 N–H and O–H groups in total. The number of ether oxygens (including phenoxy) is 1. The predicted molar refractivity (Wildman–Crippen MR) is 74.3 cm³/mol. The number of carboxylic acid groups (broad SMARTS) is 1. The van der Waals surface area contributed by atoms with Crippen molar-refractivity contribution in [1.29, 1.82) is 5.26 Å². The number of carbonyl (C=O) groups excluding carboxylic acids is 1. The number of hydrogen-bond donors (Lipinski definition) is 2. The minimum atomic E-state index is -1.10. The molecule has 1 aromatic carbocycles. The summed E-state index contributed by atoms with van der Waals surface area (Å²) in [6.45, 7) is -0.485. The van der Waals surface area contributed by atoms with Crippen LogP contribution in [0.5, 0.6) is 5.75 Å². The van der Waals surface area contributed by atoms with Gasteiger partial charge >= 0.3 is 5.97 Å². The lowest BCUT2D eigenvalue weighted by atomic mass is 10.1. The maximum atomic E-state index is 11.9. The predicted octanol–water partition coefficient (Wildman–Crippen LogP) is 1.34. The number of nitriles is 1. The Morgan fingerprint density at radius 1 is 1.43 bits per heavy atom. The Kier molecular flexibility index (Phi) is 4.57. The minimum Gasteiger partial charge on any atom is -0.481 e. The molecule has 6 heteroatoms. The fraction of sp³-hybridized carbons (Fsp3) is 0.267. The fourth-order valence-electron chi connectivity index (χ4n) is 1.67. The smallest absolute Gasteiger partial charge is 0.341 e. The fourth-order valence-corrected chi connectivity index (χ4v) is 1.67. The summed E-state index contributed by atoms with van der Waals surface area (Å²) in [5, 5.41) is 20.4. The van der Waals surface area contributed by atoms with Crippen LogP contribution >= 0.6 is 0 Å². The third-order valence-electron chi connectivity index (χ3n) is 2.85. The SMILES string of the molecule is N#C/C(=C\c1ccccc1OCC(=O)O)C(=O)NC1CC1. The average molecular weight is 286 g/mol. The molecule has 0 aromatic heterocycles. The Labute approximate surface area is 121 Å². The van der Waals surface area contributed by atoms with Gasteiger partial charge < -0.3 is 15.2 Å². The number of aliphatic carboxylic acids is 1. The second kappa shape index (κ2) is 6.57. The maximum Gasteiger partial charge on any atom is 0.341 e. The van der Waals surface area contributed by atoms with E-state index in [1.54, 1.807) is 24.3 Å². The van der Waals surface area contributed by atoms with E-state index < -0.39 is 18.5 Å². The van der Waals surface area contributed by atoms with Crippen LogP contribution in [0.25, 0.3) is 6.08 Å². The molecule has 0 aliphatic heterocycles. The van der Waals surface area contributed by atoms with Crippen LogP contribution in [0, 0.1) is 11.3 Å². The van der Waals surface area contributed by atoms with Crippen LogP contribution in [0.4, 0.5) is 0 Å². The highest BCUT2D eigenvalue weighted by molar-refractivity contribution is 6.02. The molecule has 108 valence electrons. The van der Waals surface area contributed by atoms with Gasteiger partial charge in [-0.15, -0.1) is 0 Å². The number of carbonyl (C=O) groups is 2. The Morgan fingerprint density at radius 3 is 2.76 bits per heavy atom. The quantitative estimate of drug-likeness (QED) is 0.607. The topological polar surface area (TPSA) is 99.4 Å². The molecule has 1 saturated carbocycles. The molecule has 0 bridgehead atoms. The molecule has 6 nitrogen and oxygen atoms in total. The number of rotatable bonds is 6. The molecule has 0 atom stereocenters. The maximum absolute atomic E-state index is 11.9. The van der Waals surface area contributed by atoms with E-state index in [4.69, 9.17) is 15.1 Å². The zero-order valence-corrected chi connectivity index (χ0v) is 11.2. The van der Waals surface area contributed by atoms with Crippen molar-refractivity contribution in [2.75, 3.05) is 6.61 Å². The largest absolute Gasteiger partial charge is 0.481 e. The lowest BCUT2D eigenvalue weighted by Crippen LogP contribution is -2.26. The molecule has 21 heavy (non-hydrogen) atoms. The Bertz CT molecular complexity index is 627. The molecule has 0 radical (unpaired) electrons. The summed E-state index contributed by atoms with van der Waals surface area (Å²) in [5.41, 5.74) is 0.453. The summed E-state index contributed by atoms with van der Waals surface area (Å²) in [4.78, 5) is 22.4. The van der Waals surface area contributed by atoms with Crippen molar-refractivity contribution in [1.82, 2.24) is 5.32 Å². The molecule has 1 aromatic rings. The van der Waals surface area contributed by atoms with E-state index in [1.165, 1.54) is 6.08 Å². The van der Waals surface area contributed by atoms with Gasteiger partial charge in [-0.05, 0) is 25.0 Å². The molecule has 0 unspecified atom stereocenters. The molecule has 0 spiro atoms. The number of benzene rings is 1. The van der Waals surface area contributed by atoms with Gasteiger partial charge in [0.15, 0.2) is 6.61 Å². The van der Waals surface area contributed by atoms with E-state index in [1.807, 2.05) is 6.07 Å². The standard InChI is InChI=1S/C15H14N2O4/c16-8-11(15(20)17-12-5-6-12)7-10-3-1-2-4-13(10)21-9-14(18)19/h1-4,7,12H,5-6,9H2,(H,17,20)(H,18,19)/b11-7+. The molecular weight excluding hydrogens is 272 g/mol. The number of para-hydroxylation sites is 1. The number of carboxylic acids is 1. The minimum absolute atomic E-state index is 0.0340. The van der Waals surface area contributed by atoms with E-state index in [2.05, 4.69) is 5.32 Å². The molecular formula is C15H14N2O4. The molecule has 2 rings (SSSR count). The highest BCUT2D eigenvalue weighted by Crippen LogP contribution is 2.22. The lowest BCUT2D eigenvalue weighted by molar-refractivity contribution is -0.139. The van der Waals surface area contributed by atoms with Crippen molar-refractivity contribution in [3.8, 4) is 11.8 Å². The highest BCUT2D eigenvalue weighted by atomic mass is 16.5. The van der Waals surface area contributed by atoms with Crippen molar-refractivity contribution in [2.24, 2.45) is 0 Å². The van der Waals surface area contributed by atoms with Crippen LogP contribution in [-0.4, -0.2) is 29.6 Å². The Balaban J connectivity index is 2.18. The normalized spacial score (nSPS) is 14.1. The van der Waals surface area contributed by atoms with Gasteiger partial charge in [0.2, 0.25) is 0 Å². The van der Waals surface area contributed by atoms with Gasteiger partial charge in [0.25, 0.3) is 5.91 Å². The van der Waals surface area contributed by atoms with E-state index in [0.717, 1.165) is 12.8 Å². The number of hydrogen-bond acceptors (Lipinski definition) is 4. The van der Waals surface area contributed by atoms with Gasteiger partial charge in [-0.25, -0.2) is 4.79 Å². The van der Waals surface area contributed by atoms with Crippen molar-refractivity contribution < 1.29 is 19.4 Å². The van der Waals surface area contributed by atoms with Gasteiger partial charge in [0.05, 0.1) is 0 Å². The van der Waals surface area contributed by atoms with Crippen molar-refractivity contribution >= 4 is 18.0 Å². The summed E-state index contributed by atoms with van der Waals surface area (Å²) >= 11 is 0. The zero-order valence-electron chi connectivity index (χ0n) is 11.2. The summed E-state index contributed by atoms with van der Waals surface area (Å²) in [7, 11) is 0. The third-order valence-corrected chi connectivity index (χ3v) is 2.85. The molecule has 1 fully saturated rings. The van der Waals surface area contributed by atoms with Gasteiger partial charge in [0.1, 0.15) is 17.4 Å². The third kappa shape index (κ3) is 4.35. The van der Waals surface area contributed by atoms with Crippen LogP contribution in [0.15, 0.2) is 29.8 Å². The van der Waals surface area contributed by atoms with E-state index in [9.17, 15) is 9.59 Å². The van der Waals surface area contributed by atoms with Crippen LogP contribution in [-0.2, 0) is 9.59 Å². The van der Waals surface area contributed by atoms with Gasteiger partial charge in [-0.2, -0.15) is 5.26 Å². The molecule has 0 heterocycles. The second-order valence-electron chi connectivity index (χ2n) is 4.64. The summed E-state index contributed by atoms with van der Waals surface area (Å²) < 4.78 is 5.13. The first-order valence-corrected chi connectivity index (χ1v) is 6.46. The second-order valence-corrected chi connectivity index (χ2v) is 4.64. The Morgan fingerprint density at radius 2 is 2.14 bits per heavy atom. The van der Waals surface area contributed by atoms with Gasteiger partial charge in [-0.1, -0.05) is 18.2 Å². The molecule has 0 saturated heterocycles. The number of nitrogens with one attached hydrogen (secondary N) is 1. The monoisotopic (exact) mass is 286 g/mol. The zero-order chi connectivity index (χ0) is 15.2. The van der Waals surface area contributed by atoms with Crippen LogP contribution in [0.1, 0.15) is 18.4 Å². The van der Waals surface area contributed by atoms with Crippen molar-refractivity contribution in [3.63, 3.8) is 0 Å². The van der Waals surface area contributed by atoms with Crippen molar-refractivity contribution in [3.05, 3.63) is 35.4 Å². The summed E-state index contributed by atoms with van der Waals surface area (Å²) in [6.07, 6.45) is 3.26. The van der Waals surface area contributed by atoms with Gasteiger partial charge in [-0.3, -0.25) is 4.79 Å². The average Bonchev–Trinajstić information content (AvgIpc) is 3.27. The van der Waals surface area contributed by atoms with Crippen LogP contribution < -0.4 is 10.1 Å². The lowest BCUT2D eigenvalue weighted by Gasteiger charge is -2.07. The first-order valence-electron chi connectivity index (χ1n) is 6.46. The molecule has 1 aliphatic rings. The molecule has 1 aliphatic carbocycles. The van der Waals surface area contributed by atoms with Crippen LogP contribution in [0.2, 0.25) is 0 Å². The van der Waals surface area contributed by atoms with Gasteiger partial charge in [0, 0.05) is 11.6 Å². The van der Waals surface area contributed by atoms with E-state index in [-0.39, 0.29) is 11.6 Å². The summed E-state index contributed by atoms with van der Waals surface area (Å²) in [6, 6.07) is 8.65. The van der Waals surface area contributed by atoms with E-state index >= 15 is 0 Å².